The molecule has 124 valence electrons. The monoisotopic (exact) mass is 419 g/mol. The molecule has 1 aromatic rings. The Hall–Kier alpha value is -1.02. The number of aliphatic imine (C=N–C) groups is 1. The highest BCUT2D eigenvalue weighted by Gasteiger charge is 2.21. The van der Waals surface area contributed by atoms with E-state index in [2.05, 4.69) is 22.5 Å². The van der Waals surface area contributed by atoms with Gasteiger partial charge >= 0.3 is 0 Å². The second kappa shape index (κ2) is 10.7. The molecule has 0 heterocycles. The summed E-state index contributed by atoms with van der Waals surface area (Å²) in [4.78, 5) is 4.51. The van der Waals surface area contributed by atoms with E-state index in [4.69, 9.17) is 9.47 Å². The first-order valence-corrected chi connectivity index (χ1v) is 7.58. The van der Waals surface area contributed by atoms with Crippen molar-refractivity contribution >= 4 is 29.9 Å². The number of rotatable bonds is 8. The summed E-state index contributed by atoms with van der Waals surface area (Å²) in [6, 6.07) is 8.51. The van der Waals surface area contributed by atoms with Gasteiger partial charge in [-0.2, -0.15) is 0 Å². The Kier molecular flexibility index (Phi) is 9.22. The van der Waals surface area contributed by atoms with Gasteiger partial charge in [0, 0.05) is 18.2 Å². The summed E-state index contributed by atoms with van der Waals surface area (Å²) in [6.45, 7) is 4.74. The Morgan fingerprint density at radius 2 is 2.09 bits per heavy atom. The highest BCUT2D eigenvalue weighted by molar-refractivity contribution is 14.0. The molecular formula is C16H26IN3O2. The van der Waals surface area contributed by atoms with Gasteiger partial charge < -0.3 is 20.1 Å². The topological polar surface area (TPSA) is 54.9 Å². The van der Waals surface area contributed by atoms with Gasteiger partial charge in [0.05, 0.1) is 26.9 Å². The second-order valence-electron chi connectivity index (χ2n) is 5.04. The van der Waals surface area contributed by atoms with Gasteiger partial charge in [-0.1, -0.05) is 18.2 Å². The molecule has 22 heavy (non-hydrogen) atoms. The Labute approximate surface area is 149 Å². The zero-order valence-electron chi connectivity index (χ0n) is 13.3. The van der Waals surface area contributed by atoms with Crippen LogP contribution < -0.4 is 15.4 Å². The average molecular weight is 419 g/mol. The number of hydrogen-bond acceptors (Lipinski definition) is 3. The molecule has 0 unspecified atom stereocenters. The SMILES string of the molecule is CCNC(=NCCOCc1ccccc1OC)NC1CC1.I. The predicted molar refractivity (Wildman–Crippen MR) is 100 cm³/mol. The van der Waals surface area contributed by atoms with Crippen LogP contribution in [0, 0.1) is 0 Å². The number of hydrogen-bond donors (Lipinski definition) is 2. The van der Waals surface area contributed by atoms with Crippen molar-refractivity contribution in [3.05, 3.63) is 29.8 Å². The molecule has 1 saturated carbocycles. The third-order valence-electron chi connectivity index (χ3n) is 3.22. The minimum atomic E-state index is 0. The minimum absolute atomic E-state index is 0. The standard InChI is InChI=1S/C16H25N3O2.HI/c1-3-17-16(19-14-8-9-14)18-10-11-21-12-13-6-4-5-7-15(13)20-2;/h4-7,14H,3,8-12H2,1-2H3,(H2,17,18,19);1H. The van der Waals surface area contributed by atoms with Crippen LogP contribution in [0.4, 0.5) is 0 Å². The smallest absolute Gasteiger partial charge is 0.191 e. The average Bonchev–Trinajstić information content (AvgIpc) is 3.31. The number of guanidine groups is 1. The van der Waals surface area contributed by atoms with Crippen LogP contribution in [0.1, 0.15) is 25.3 Å². The van der Waals surface area contributed by atoms with Gasteiger partial charge in [0.25, 0.3) is 0 Å². The summed E-state index contributed by atoms with van der Waals surface area (Å²) in [6.07, 6.45) is 2.49. The van der Waals surface area contributed by atoms with Crippen LogP contribution >= 0.6 is 24.0 Å². The number of ether oxygens (including phenoxy) is 2. The second-order valence-corrected chi connectivity index (χ2v) is 5.04. The van der Waals surface area contributed by atoms with Crippen LogP contribution in [-0.2, 0) is 11.3 Å². The summed E-state index contributed by atoms with van der Waals surface area (Å²) in [5.41, 5.74) is 1.06. The molecule has 6 heteroatoms. The molecule has 0 aliphatic heterocycles. The van der Waals surface area contributed by atoms with Crippen LogP contribution in [0.2, 0.25) is 0 Å². The largest absolute Gasteiger partial charge is 0.496 e. The van der Waals surface area contributed by atoms with E-state index in [0.29, 0.717) is 25.8 Å². The molecule has 0 spiro atoms. The quantitative estimate of drug-likeness (QED) is 0.294. The van der Waals surface area contributed by atoms with E-state index >= 15 is 0 Å². The van der Waals surface area contributed by atoms with E-state index < -0.39 is 0 Å². The summed E-state index contributed by atoms with van der Waals surface area (Å²) in [5, 5.41) is 6.63. The van der Waals surface area contributed by atoms with Crippen LogP contribution in [-0.4, -0.2) is 38.8 Å². The number of benzene rings is 1. The lowest BCUT2D eigenvalue weighted by molar-refractivity contribution is 0.126. The molecule has 0 amide bonds. The van der Waals surface area contributed by atoms with Gasteiger partial charge in [-0.25, -0.2) is 0 Å². The maximum absolute atomic E-state index is 5.67. The van der Waals surface area contributed by atoms with Gasteiger partial charge in [0.1, 0.15) is 5.75 Å². The fourth-order valence-corrected chi connectivity index (χ4v) is 1.97. The number of para-hydroxylation sites is 1. The van der Waals surface area contributed by atoms with Crippen molar-refractivity contribution in [2.24, 2.45) is 4.99 Å². The van der Waals surface area contributed by atoms with Gasteiger partial charge in [0.2, 0.25) is 0 Å². The summed E-state index contributed by atoms with van der Waals surface area (Å²) < 4.78 is 11.0. The molecule has 0 saturated heterocycles. The first-order valence-electron chi connectivity index (χ1n) is 7.58. The first kappa shape index (κ1) is 19.0. The molecule has 0 bridgehead atoms. The van der Waals surface area contributed by atoms with Crippen LogP contribution in [0.15, 0.2) is 29.3 Å². The van der Waals surface area contributed by atoms with Crippen molar-refractivity contribution in [1.82, 2.24) is 10.6 Å². The molecule has 0 radical (unpaired) electrons. The maximum Gasteiger partial charge on any atom is 0.191 e. The summed E-state index contributed by atoms with van der Waals surface area (Å²) in [7, 11) is 1.68. The van der Waals surface area contributed by atoms with Crippen molar-refractivity contribution in [2.45, 2.75) is 32.4 Å². The molecule has 5 nitrogen and oxygen atoms in total. The molecule has 1 fully saturated rings. The number of nitrogens with one attached hydrogen (secondary N) is 2. The van der Waals surface area contributed by atoms with Crippen molar-refractivity contribution in [3.63, 3.8) is 0 Å². The highest BCUT2D eigenvalue weighted by Crippen LogP contribution is 2.18. The molecule has 1 aromatic carbocycles. The van der Waals surface area contributed by atoms with Crippen molar-refractivity contribution < 1.29 is 9.47 Å². The normalized spacial score (nSPS) is 14.2. The Balaban J connectivity index is 0.00000242. The fourth-order valence-electron chi connectivity index (χ4n) is 1.97. The third kappa shape index (κ3) is 6.83. The number of halogens is 1. The van der Waals surface area contributed by atoms with Crippen LogP contribution in [0.3, 0.4) is 0 Å². The molecule has 1 aliphatic carbocycles. The molecule has 1 aliphatic rings. The van der Waals surface area contributed by atoms with Crippen molar-refractivity contribution in [1.29, 1.82) is 0 Å². The lowest BCUT2D eigenvalue weighted by Crippen LogP contribution is -2.38. The van der Waals surface area contributed by atoms with Gasteiger partial charge in [-0.05, 0) is 25.8 Å². The van der Waals surface area contributed by atoms with Gasteiger partial charge in [-0.3, -0.25) is 4.99 Å². The third-order valence-corrected chi connectivity index (χ3v) is 3.22. The van der Waals surface area contributed by atoms with Crippen molar-refractivity contribution in [3.8, 4) is 5.75 Å². The maximum atomic E-state index is 5.67. The van der Waals surface area contributed by atoms with E-state index in [9.17, 15) is 0 Å². The predicted octanol–water partition coefficient (Wildman–Crippen LogP) is 2.55. The fraction of sp³-hybridized carbons (Fsp3) is 0.562. The van der Waals surface area contributed by atoms with E-state index in [1.54, 1.807) is 7.11 Å². The first-order chi connectivity index (χ1) is 10.3. The van der Waals surface area contributed by atoms with E-state index in [1.165, 1.54) is 12.8 Å². The zero-order valence-corrected chi connectivity index (χ0v) is 15.6. The molecule has 0 atom stereocenters. The Morgan fingerprint density at radius 3 is 2.77 bits per heavy atom. The van der Waals surface area contributed by atoms with Gasteiger partial charge in [-0.15, -0.1) is 24.0 Å². The van der Waals surface area contributed by atoms with Crippen LogP contribution in [0.5, 0.6) is 5.75 Å². The Morgan fingerprint density at radius 1 is 1.32 bits per heavy atom. The highest BCUT2D eigenvalue weighted by atomic mass is 127. The van der Waals surface area contributed by atoms with E-state index in [1.807, 2.05) is 24.3 Å². The lowest BCUT2D eigenvalue weighted by Gasteiger charge is -2.11. The van der Waals surface area contributed by atoms with E-state index in [0.717, 1.165) is 23.8 Å². The van der Waals surface area contributed by atoms with Gasteiger partial charge in [0.15, 0.2) is 5.96 Å². The number of nitrogens with zero attached hydrogens (tertiary/aromatic N) is 1. The minimum Gasteiger partial charge on any atom is -0.496 e. The lowest BCUT2D eigenvalue weighted by atomic mass is 10.2. The molecule has 2 rings (SSSR count). The van der Waals surface area contributed by atoms with Crippen LogP contribution in [0.25, 0.3) is 0 Å². The summed E-state index contributed by atoms with van der Waals surface area (Å²) in [5.74, 6) is 1.76. The molecular weight excluding hydrogens is 393 g/mol. The molecule has 2 N–H and O–H groups in total. The zero-order chi connectivity index (χ0) is 14.9. The Bertz CT molecular complexity index is 464. The molecule has 0 aromatic heterocycles. The van der Waals surface area contributed by atoms with Crippen molar-refractivity contribution in [2.75, 3.05) is 26.8 Å². The number of methoxy groups -OCH3 is 1. The van der Waals surface area contributed by atoms with E-state index in [-0.39, 0.29) is 24.0 Å². The summed E-state index contributed by atoms with van der Waals surface area (Å²) >= 11 is 0.